The summed E-state index contributed by atoms with van der Waals surface area (Å²) >= 11 is 9.57. The van der Waals surface area contributed by atoms with Crippen molar-refractivity contribution in [2.24, 2.45) is 0 Å². The van der Waals surface area contributed by atoms with E-state index in [1.165, 1.54) is 24.0 Å². The Morgan fingerprint density at radius 1 is 1.31 bits per heavy atom. The highest BCUT2D eigenvalue weighted by Gasteiger charge is 2.27. The predicted molar refractivity (Wildman–Crippen MR) is 105 cm³/mol. The number of benzene rings is 2. The molecule has 3 rings (SSSR count). The minimum atomic E-state index is -3.95. The number of rotatable bonds is 3. The van der Waals surface area contributed by atoms with Crippen molar-refractivity contribution in [1.29, 1.82) is 0 Å². The van der Waals surface area contributed by atoms with Gasteiger partial charge in [-0.1, -0.05) is 17.7 Å². The van der Waals surface area contributed by atoms with Crippen LogP contribution in [-0.4, -0.2) is 27.5 Å². The summed E-state index contributed by atoms with van der Waals surface area (Å²) in [6.45, 7) is 4.01. The third-order valence-corrected chi connectivity index (χ3v) is 6.40. The number of aryl methyl sites for hydroxylation is 1. The van der Waals surface area contributed by atoms with E-state index in [0.29, 0.717) is 28.1 Å². The summed E-state index contributed by atoms with van der Waals surface area (Å²) in [5, 5.41) is 0.0104. The van der Waals surface area contributed by atoms with Crippen molar-refractivity contribution in [3.63, 3.8) is 0 Å². The van der Waals surface area contributed by atoms with Gasteiger partial charge in [-0.25, -0.2) is 8.42 Å². The van der Waals surface area contributed by atoms with Gasteiger partial charge in [-0.2, -0.15) is 0 Å². The van der Waals surface area contributed by atoms with Crippen LogP contribution in [0.4, 0.5) is 11.4 Å². The first-order chi connectivity index (χ1) is 12.2. The number of fused-ring (bicyclic) bond motifs is 1. The molecule has 0 radical (unpaired) electrons. The number of hydrogen-bond acceptors (Lipinski definition) is 4. The minimum absolute atomic E-state index is 0.0104. The molecule has 1 N–H and O–H groups in total. The number of carbonyl (C=O) groups excluding carboxylic acids is 1. The molecule has 0 spiro atoms. The third kappa shape index (κ3) is 3.67. The molecule has 0 fully saturated rings. The van der Waals surface area contributed by atoms with E-state index in [9.17, 15) is 13.2 Å². The second kappa shape index (κ2) is 7.09. The van der Waals surface area contributed by atoms with Gasteiger partial charge >= 0.3 is 0 Å². The summed E-state index contributed by atoms with van der Waals surface area (Å²) < 4.78 is 34.3. The number of halogens is 2. The molecule has 0 aromatic heterocycles. The largest absolute Gasteiger partial charge is 0.489 e. The molecule has 1 amide bonds. The highest BCUT2D eigenvalue weighted by molar-refractivity contribution is 9.10. The van der Waals surface area contributed by atoms with Gasteiger partial charge in [0.2, 0.25) is 5.91 Å². The van der Waals surface area contributed by atoms with Crippen LogP contribution in [0, 0.1) is 6.92 Å². The van der Waals surface area contributed by atoms with Crippen LogP contribution < -0.4 is 14.4 Å². The normalized spacial score (nSPS) is 13.8. The van der Waals surface area contributed by atoms with Crippen LogP contribution in [0.5, 0.6) is 5.75 Å². The van der Waals surface area contributed by atoms with Crippen molar-refractivity contribution in [2.75, 3.05) is 22.8 Å². The van der Waals surface area contributed by atoms with Gasteiger partial charge < -0.3 is 9.64 Å². The first-order valence-electron chi connectivity index (χ1n) is 7.72. The minimum Gasteiger partial charge on any atom is -0.489 e. The monoisotopic (exact) mass is 458 g/mol. The number of hydrogen-bond donors (Lipinski definition) is 1. The van der Waals surface area contributed by atoms with Crippen LogP contribution in [0.1, 0.15) is 12.5 Å². The lowest BCUT2D eigenvalue weighted by molar-refractivity contribution is -0.116. The van der Waals surface area contributed by atoms with Crippen molar-refractivity contribution < 1.29 is 17.9 Å². The maximum atomic E-state index is 12.8. The zero-order valence-corrected chi connectivity index (χ0v) is 17.2. The topological polar surface area (TPSA) is 75.7 Å². The summed E-state index contributed by atoms with van der Waals surface area (Å²) in [5.74, 6) is 0.141. The Bertz CT molecular complexity index is 994. The van der Waals surface area contributed by atoms with Gasteiger partial charge in [0.25, 0.3) is 10.0 Å². The predicted octanol–water partition coefficient (Wildman–Crippen LogP) is 3.96. The van der Waals surface area contributed by atoms with E-state index in [0.717, 1.165) is 5.56 Å². The molecule has 2 aromatic rings. The number of anilines is 2. The molecule has 0 saturated carbocycles. The fourth-order valence-electron chi connectivity index (χ4n) is 2.65. The Hall–Kier alpha value is -1.77. The van der Waals surface area contributed by atoms with E-state index >= 15 is 0 Å². The molecule has 1 aliphatic rings. The van der Waals surface area contributed by atoms with E-state index in [2.05, 4.69) is 20.7 Å². The zero-order valence-electron chi connectivity index (χ0n) is 14.0. The Labute approximate surface area is 165 Å². The van der Waals surface area contributed by atoms with Crippen LogP contribution in [0.15, 0.2) is 39.7 Å². The average Bonchev–Trinajstić information content (AvgIpc) is 2.56. The molecule has 2 aromatic carbocycles. The molecule has 1 aliphatic heterocycles. The molecule has 0 saturated heterocycles. The number of ether oxygens (including phenoxy) is 1. The molecular formula is C17H16BrClN2O4S. The smallest absolute Gasteiger partial charge is 0.263 e. The molecular weight excluding hydrogens is 444 g/mol. The Morgan fingerprint density at radius 2 is 2.04 bits per heavy atom. The maximum absolute atomic E-state index is 12.8. The van der Waals surface area contributed by atoms with E-state index in [1.807, 2.05) is 6.92 Å². The molecule has 1 heterocycles. The number of amides is 1. The third-order valence-electron chi connectivity index (χ3n) is 3.92. The van der Waals surface area contributed by atoms with E-state index < -0.39 is 10.0 Å². The molecule has 0 unspecified atom stereocenters. The Morgan fingerprint density at radius 3 is 2.69 bits per heavy atom. The van der Waals surface area contributed by atoms with E-state index in [-0.39, 0.29) is 22.4 Å². The first kappa shape index (κ1) is 19.0. The summed E-state index contributed by atoms with van der Waals surface area (Å²) in [6.07, 6.45) is 0. The van der Waals surface area contributed by atoms with Crippen LogP contribution in [-0.2, 0) is 14.8 Å². The lowest BCUT2D eigenvalue weighted by Crippen LogP contribution is -2.36. The fourth-order valence-corrected chi connectivity index (χ4v) is 5.00. The first-order valence-corrected chi connectivity index (χ1v) is 10.4. The van der Waals surface area contributed by atoms with E-state index in [1.54, 1.807) is 18.2 Å². The van der Waals surface area contributed by atoms with Crippen LogP contribution in [0.2, 0.25) is 5.02 Å². The molecule has 138 valence electrons. The molecule has 6 nitrogen and oxygen atoms in total. The highest BCUT2D eigenvalue weighted by Crippen LogP contribution is 2.39. The van der Waals surface area contributed by atoms with E-state index in [4.69, 9.17) is 16.3 Å². The van der Waals surface area contributed by atoms with Gasteiger partial charge in [-0.15, -0.1) is 0 Å². The van der Waals surface area contributed by atoms with Gasteiger partial charge in [-0.05, 0) is 46.6 Å². The van der Waals surface area contributed by atoms with Gasteiger partial charge in [0.1, 0.15) is 17.3 Å². The van der Waals surface area contributed by atoms with Crippen molar-refractivity contribution in [1.82, 2.24) is 0 Å². The number of sulfonamides is 1. The SMILES string of the molecule is CC(=O)N1CCOc2cc(S(=O)(=O)Nc3ccc(C)cc3Br)c(Cl)cc21. The van der Waals surface area contributed by atoms with Gasteiger partial charge in [0.05, 0.1) is 22.9 Å². The van der Waals surface area contributed by atoms with Crippen molar-refractivity contribution in [3.8, 4) is 5.75 Å². The van der Waals surface area contributed by atoms with Crippen molar-refractivity contribution in [2.45, 2.75) is 18.7 Å². The number of carbonyl (C=O) groups is 1. The van der Waals surface area contributed by atoms with Crippen LogP contribution in [0.25, 0.3) is 0 Å². The van der Waals surface area contributed by atoms with Crippen LogP contribution >= 0.6 is 27.5 Å². The van der Waals surface area contributed by atoms with Crippen molar-refractivity contribution in [3.05, 3.63) is 45.4 Å². The zero-order chi connectivity index (χ0) is 19.1. The molecule has 0 atom stereocenters. The number of nitrogens with zero attached hydrogens (tertiary/aromatic N) is 1. The van der Waals surface area contributed by atoms with Gasteiger partial charge in [-0.3, -0.25) is 9.52 Å². The summed E-state index contributed by atoms with van der Waals surface area (Å²) in [4.78, 5) is 13.1. The Kier molecular flexibility index (Phi) is 5.18. The lowest BCUT2D eigenvalue weighted by Gasteiger charge is -2.29. The van der Waals surface area contributed by atoms with Gasteiger partial charge in [0, 0.05) is 17.5 Å². The molecule has 0 bridgehead atoms. The summed E-state index contributed by atoms with van der Waals surface area (Å²) in [6, 6.07) is 8.05. The van der Waals surface area contributed by atoms with Crippen LogP contribution in [0.3, 0.4) is 0 Å². The highest BCUT2D eigenvalue weighted by atomic mass is 79.9. The molecule has 0 aliphatic carbocycles. The van der Waals surface area contributed by atoms with Gasteiger partial charge in [0.15, 0.2) is 0 Å². The second-order valence-electron chi connectivity index (χ2n) is 5.86. The summed E-state index contributed by atoms with van der Waals surface area (Å²) in [7, 11) is -3.95. The average molecular weight is 460 g/mol. The molecule has 26 heavy (non-hydrogen) atoms. The molecule has 9 heteroatoms. The second-order valence-corrected chi connectivity index (χ2v) is 8.77. The maximum Gasteiger partial charge on any atom is 0.263 e. The Balaban J connectivity index is 2.02. The van der Waals surface area contributed by atoms with Crippen molar-refractivity contribution >= 4 is 54.8 Å². The quantitative estimate of drug-likeness (QED) is 0.754. The fraction of sp³-hybridized carbons (Fsp3) is 0.235. The standard InChI is InChI=1S/C17H16BrClN2O4S/c1-10-3-4-14(12(18)7-10)20-26(23,24)17-9-16-15(8-13(17)19)21(11(2)22)5-6-25-16/h3-4,7-9,20H,5-6H2,1-2H3. The number of nitrogens with one attached hydrogen (secondary N) is 1. The summed E-state index contributed by atoms with van der Waals surface area (Å²) in [5.41, 5.74) is 1.85. The lowest BCUT2D eigenvalue weighted by atomic mass is 10.2.